The molecule has 156 valence electrons. The standard InChI is InChI=1S/C22H27NO5S/c1-13(2)23-29(26,27)19-9-7-18(8-10-19)22(25)28-12-20-14(3)11-15(4)21(16(20)5)17(6)24/h7-11,13,23H,12H2,1-6H3. The van der Waals surface area contributed by atoms with Crippen molar-refractivity contribution in [3.8, 4) is 0 Å². The minimum atomic E-state index is -3.62. The van der Waals surface area contributed by atoms with Gasteiger partial charge in [-0.1, -0.05) is 6.07 Å². The first-order valence-electron chi connectivity index (χ1n) is 9.34. The van der Waals surface area contributed by atoms with Gasteiger partial charge in [0.2, 0.25) is 10.0 Å². The van der Waals surface area contributed by atoms with Gasteiger partial charge in [0, 0.05) is 11.6 Å². The molecule has 0 aliphatic rings. The Morgan fingerprint density at radius 3 is 2.14 bits per heavy atom. The van der Waals surface area contributed by atoms with E-state index in [0.29, 0.717) is 5.56 Å². The Balaban J connectivity index is 2.18. The second kappa shape index (κ2) is 8.88. The maximum Gasteiger partial charge on any atom is 0.338 e. The number of hydrogen-bond acceptors (Lipinski definition) is 5. The van der Waals surface area contributed by atoms with E-state index >= 15 is 0 Å². The van der Waals surface area contributed by atoms with Gasteiger partial charge in [0.1, 0.15) is 6.61 Å². The van der Waals surface area contributed by atoms with Crippen LogP contribution in [0.25, 0.3) is 0 Å². The summed E-state index contributed by atoms with van der Waals surface area (Å²) in [4.78, 5) is 24.4. The molecule has 0 aliphatic carbocycles. The third-order valence-corrected chi connectivity index (χ3v) is 6.30. The van der Waals surface area contributed by atoms with E-state index in [4.69, 9.17) is 4.74 Å². The van der Waals surface area contributed by atoms with Crippen LogP contribution in [0.15, 0.2) is 35.2 Å². The van der Waals surface area contributed by atoms with E-state index < -0.39 is 16.0 Å². The van der Waals surface area contributed by atoms with E-state index in [9.17, 15) is 18.0 Å². The Kier molecular flexibility index (Phi) is 6.97. The van der Waals surface area contributed by atoms with Gasteiger partial charge in [-0.3, -0.25) is 4.79 Å². The molecular formula is C22H27NO5S. The van der Waals surface area contributed by atoms with Crippen molar-refractivity contribution in [1.82, 2.24) is 4.72 Å². The first-order chi connectivity index (χ1) is 13.4. The summed E-state index contributed by atoms with van der Waals surface area (Å²) >= 11 is 0. The number of rotatable bonds is 7. The number of ether oxygens (including phenoxy) is 1. The fourth-order valence-corrected chi connectivity index (χ4v) is 4.61. The molecule has 0 aromatic heterocycles. The molecule has 0 saturated heterocycles. The highest BCUT2D eigenvalue weighted by atomic mass is 32.2. The maximum atomic E-state index is 12.4. The van der Waals surface area contributed by atoms with Crippen LogP contribution in [-0.2, 0) is 21.4 Å². The predicted octanol–water partition coefficient (Wildman–Crippen LogP) is 3.86. The molecule has 29 heavy (non-hydrogen) atoms. The van der Waals surface area contributed by atoms with E-state index in [-0.39, 0.29) is 28.9 Å². The molecule has 0 atom stereocenters. The van der Waals surface area contributed by atoms with Gasteiger partial charge in [0.25, 0.3) is 0 Å². The lowest BCUT2D eigenvalue weighted by molar-refractivity contribution is 0.0471. The van der Waals surface area contributed by atoms with Crippen LogP contribution in [0.5, 0.6) is 0 Å². The third kappa shape index (κ3) is 5.31. The average Bonchev–Trinajstić information content (AvgIpc) is 2.59. The number of carbonyl (C=O) groups is 2. The third-order valence-electron chi connectivity index (χ3n) is 4.62. The molecule has 0 unspecified atom stereocenters. The van der Waals surface area contributed by atoms with Crippen molar-refractivity contribution in [1.29, 1.82) is 0 Å². The van der Waals surface area contributed by atoms with Crippen LogP contribution in [0.2, 0.25) is 0 Å². The summed E-state index contributed by atoms with van der Waals surface area (Å²) in [5, 5.41) is 0. The highest BCUT2D eigenvalue weighted by Crippen LogP contribution is 2.24. The summed E-state index contributed by atoms with van der Waals surface area (Å²) in [7, 11) is -3.62. The fraction of sp³-hybridized carbons (Fsp3) is 0.364. The van der Waals surface area contributed by atoms with Crippen LogP contribution in [0.3, 0.4) is 0 Å². The van der Waals surface area contributed by atoms with Crippen LogP contribution >= 0.6 is 0 Å². The Hall–Kier alpha value is -2.51. The van der Waals surface area contributed by atoms with Crippen LogP contribution in [0.1, 0.15) is 63.7 Å². The monoisotopic (exact) mass is 417 g/mol. The normalized spacial score (nSPS) is 11.6. The van der Waals surface area contributed by atoms with Crippen LogP contribution in [-0.4, -0.2) is 26.2 Å². The molecule has 2 rings (SSSR count). The number of benzene rings is 2. The topological polar surface area (TPSA) is 89.5 Å². The fourth-order valence-electron chi connectivity index (χ4n) is 3.36. The summed E-state index contributed by atoms with van der Waals surface area (Å²) < 4.78 is 32.3. The van der Waals surface area contributed by atoms with Crippen molar-refractivity contribution in [2.24, 2.45) is 0 Å². The number of hydrogen-bond donors (Lipinski definition) is 1. The van der Waals surface area contributed by atoms with Crippen LogP contribution < -0.4 is 4.72 Å². The highest BCUT2D eigenvalue weighted by Gasteiger charge is 2.18. The number of sulfonamides is 1. The molecule has 2 aromatic carbocycles. The zero-order valence-electron chi connectivity index (χ0n) is 17.6. The summed E-state index contributed by atoms with van der Waals surface area (Å²) in [6, 6.07) is 7.27. The first kappa shape index (κ1) is 22.8. The number of carbonyl (C=O) groups excluding carboxylic acids is 2. The van der Waals surface area contributed by atoms with Crippen molar-refractivity contribution < 1.29 is 22.7 Å². The molecule has 0 bridgehead atoms. The van der Waals surface area contributed by atoms with Crippen molar-refractivity contribution in [3.63, 3.8) is 0 Å². The lowest BCUT2D eigenvalue weighted by Gasteiger charge is -2.16. The lowest BCUT2D eigenvalue weighted by Crippen LogP contribution is -2.30. The minimum absolute atomic E-state index is 0.0284. The van der Waals surface area contributed by atoms with E-state index in [0.717, 1.165) is 22.3 Å². The highest BCUT2D eigenvalue weighted by molar-refractivity contribution is 7.89. The molecule has 0 amide bonds. The van der Waals surface area contributed by atoms with Crippen molar-refractivity contribution in [2.75, 3.05) is 0 Å². The number of esters is 1. The Morgan fingerprint density at radius 2 is 1.62 bits per heavy atom. The minimum Gasteiger partial charge on any atom is -0.457 e. The maximum absolute atomic E-state index is 12.4. The molecule has 2 aromatic rings. The lowest BCUT2D eigenvalue weighted by atomic mass is 9.92. The van der Waals surface area contributed by atoms with Crippen LogP contribution in [0, 0.1) is 20.8 Å². The van der Waals surface area contributed by atoms with Crippen molar-refractivity contribution in [2.45, 2.75) is 59.1 Å². The molecular weight excluding hydrogens is 390 g/mol. The number of aryl methyl sites for hydroxylation is 2. The Morgan fingerprint density at radius 1 is 1.03 bits per heavy atom. The summed E-state index contributed by atoms with van der Waals surface area (Å²) in [5.74, 6) is -0.589. The van der Waals surface area contributed by atoms with Gasteiger partial charge in [-0.05, 0) is 88.1 Å². The molecule has 0 fully saturated rings. The Labute approximate surface area is 172 Å². The van der Waals surface area contributed by atoms with Gasteiger partial charge in [-0.15, -0.1) is 0 Å². The van der Waals surface area contributed by atoms with Gasteiger partial charge in [-0.2, -0.15) is 0 Å². The zero-order chi connectivity index (χ0) is 21.9. The van der Waals surface area contributed by atoms with Gasteiger partial charge in [0.05, 0.1) is 10.5 Å². The molecule has 0 radical (unpaired) electrons. The van der Waals surface area contributed by atoms with E-state index in [1.165, 1.54) is 31.2 Å². The molecule has 0 spiro atoms. The van der Waals surface area contributed by atoms with E-state index in [1.54, 1.807) is 13.8 Å². The largest absolute Gasteiger partial charge is 0.457 e. The van der Waals surface area contributed by atoms with Gasteiger partial charge >= 0.3 is 5.97 Å². The summed E-state index contributed by atoms with van der Waals surface area (Å²) in [6.45, 7) is 10.7. The van der Waals surface area contributed by atoms with Gasteiger partial charge in [0.15, 0.2) is 5.78 Å². The summed E-state index contributed by atoms with van der Waals surface area (Å²) in [6.07, 6.45) is 0. The quantitative estimate of drug-likeness (QED) is 0.546. The number of ketones is 1. The molecule has 6 nitrogen and oxygen atoms in total. The van der Waals surface area contributed by atoms with Gasteiger partial charge < -0.3 is 4.74 Å². The molecule has 0 aliphatic heterocycles. The molecule has 0 heterocycles. The molecule has 1 N–H and O–H groups in total. The van der Waals surface area contributed by atoms with Crippen molar-refractivity contribution in [3.05, 3.63) is 63.7 Å². The van der Waals surface area contributed by atoms with E-state index in [1.807, 2.05) is 26.8 Å². The Bertz CT molecular complexity index is 1040. The van der Waals surface area contributed by atoms with Gasteiger partial charge in [-0.25, -0.2) is 17.9 Å². The first-order valence-corrected chi connectivity index (χ1v) is 10.8. The van der Waals surface area contributed by atoms with Crippen LogP contribution in [0.4, 0.5) is 0 Å². The van der Waals surface area contributed by atoms with Crippen molar-refractivity contribution >= 4 is 21.8 Å². The number of Topliss-reactive ketones (excluding diaryl/α,β-unsaturated/α-hetero) is 1. The second-order valence-corrected chi connectivity index (χ2v) is 9.14. The predicted molar refractivity (Wildman–Crippen MR) is 112 cm³/mol. The second-order valence-electron chi connectivity index (χ2n) is 7.42. The zero-order valence-corrected chi connectivity index (χ0v) is 18.4. The summed E-state index contributed by atoms with van der Waals surface area (Å²) in [5.41, 5.74) is 4.35. The average molecular weight is 418 g/mol. The smallest absolute Gasteiger partial charge is 0.338 e. The SMILES string of the molecule is CC(=O)c1c(C)cc(C)c(COC(=O)c2ccc(S(=O)(=O)NC(C)C)cc2)c1C. The number of nitrogens with one attached hydrogen (secondary N) is 1. The van der Waals surface area contributed by atoms with E-state index in [2.05, 4.69) is 4.72 Å². The molecule has 0 saturated carbocycles. The molecule has 7 heteroatoms.